The van der Waals surface area contributed by atoms with Gasteiger partial charge in [-0.1, -0.05) is 42.5 Å². The van der Waals surface area contributed by atoms with Crippen molar-refractivity contribution in [1.82, 2.24) is 41.3 Å². The molecule has 0 radical (unpaired) electrons. The van der Waals surface area contributed by atoms with Crippen LogP contribution in [0.1, 0.15) is 31.2 Å². The summed E-state index contributed by atoms with van der Waals surface area (Å²) < 4.78 is 4.81. The number of hydrogen-bond donors (Lipinski definition) is 7. The first-order valence-corrected chi connectivity index (χ1v) is 19.1. The van der Waals surface area contributed by atoms with Gasteiger partial charge in [0.05, 0.1) is 32.8 Å². The number of hydrogen-bond acceptors (Lipinski definition) is 12. The Morgan fingerprint density at radius 1 is 0.759 bits per heavy atom. The summed E-state index contributed by atoms with van der Waals surface area (Å²) in [5.74, 6) is -5.72. The molecule has 0 aromatic heterocycles. The van der Waals surface area contributed by atoms with E-state index in [4.69, 9.17) is 16.2 Å². The second-order valence-electron chi connectivity index (χ2n) is 16.8. The zero-order valence-corrected chi connectivity index (χ0v) is 31.4. The van der Waals surface area contributed by atoms with E-state index in [1.807, 2.05) is 42.5 Å². The number of nitrogens with two attached hydrogens (primary N) is 2. The Kier molecular flexibility index (Phi) is 8.18. The van der Waals surface area contributed by atoms with Crippen LogP contribution in [-0.2, 0) is 54.3 Å². The van der Waals surface area contributed by atoms with Crippen molar-refractivity contribution in [3.05, 3.63) is 48.0 Å². The van der Waals surface area contributed by atoms with Crippen molar-refractivity contribution in [3.8, 4) is 0 Å². The number of rotatable bonds is 6. The molecule has 0 saturated carbocycles. The molecule has 7 aliphatic heterocycles. The van der Waals surface area contributed by atoms with Crippen LogP contribution < -0.4 is 38.1 Å². The van der Waals surface area contributed by atoms with Gasteiger partial charge in [0.25, 0.3) is 17.7 Å². The van der Waals surface area contributed by atoms with Crippen LogP contribution in [0.5, 0.6) is 0 Å². The Labute approximate surface area is 330 Å². The molecule has 7 heterocycles. The average Bonchev–Trinajstić information content (AvgIpc) is 3.99. The second kappa shape index (κ2) is 12.7. The highest BCUT2D eigenvalue weighted by Gasteiger charge is 2.69. The highest BCUT2D eigenvalue weighted by atomic mass is 16.5. The van der Waals surface area contributed by atoms with E-state index in [-0.39, 0.29) is 58.3 Å². The Morgan fingerprint density at radius 2 is 1.29 bits per heavy atom. The van der Waals surface area contributed by atoms with Gasteiger partial charge in [0.1, 0.15) is 46.3 Å². The lowest BCUT2D eigenvalue weighted by atomic mass is 9.88. The summed E-state index contributed by atoms with van der Waals surface area (Å²) >= 11 is 0. The number of methoxy groups -OCH3 is 1. The minimum Gasteiger partial charge on any atom is -0.468 e. The van der Waals surface area contributed by atoms with Crippen LogP contribution in [0.3, 0.4) is 0 Å². The molecular formula is C38H42N10O10. The Hall–Kier alpha value is -6.15. The molecule has 7 aliphatic rings. The predicted octanol–water partition coefficient (Wildman–Crippen LogP) is -5.01. The van der Waals surface area contributed by atoms with E-state index in [9.17, 15) is 43.2 Å². The van der Waals surface area contributed by atoms with Crippen LogP contribution in [0.2, 0.25) is 0 Å². The van der Waals surface area contributed by atoms with Crippen LogP contribution in [0.15, 0.2) is 42.5 Å². The van der Waals surface area contributed by atoms with Crippen LogP contribution in [0, 0.1) is 0 Å². The van der Waals surface area contributed by atoms with E-state index in [1.165, 1.54) is 14.7 Å². The van der Waals surface area contributed by atoms with E-state index in [0.29, 0.717) is 0 Å². The van der Waals surface area contributed by atoms with Gasteiger partial charge in [0, 0.05) is 38.6 Å². The molecule has 20 heteroatoms. The van der Waals surface area contributed by atoms with Crippen molar-refractivity contribution in [2.24, 2.45) is 11.5 Å². The summed E-state index contributed by atoms with van der Waals surface area (Å²) in [7, 11) is 1.15. The monoisotopic (exact) mass is 798 g/mol. The molecule has 2 aromatic rings. The molecule has 9 rings (SSSR count). The van der Waals surface area contributed by atoms with Crippen molar-refractivity contribution in [3.63, 3.8) is 0 Å². The van der Waals surface area contributed by atoms with E-state index in [0.717, 1.165) is 23.4 Å². The third-order valence-electron chi connectivity index (χ3n) is 13.1. The Morgan fingerprint density at radius 3 is 1.88 bits per heavy atom. The minimum atomic E-state index is -1.72. The first kappa shape index (κ1) is 37.4. The molecule has 7 fully saturated rings. The van der Waals surface area contributed by atoms with Gasteiger partial charge >= 0.3 is 5.97 Å². The van der Waals surface area contributed by atoms with Crippen LogP contribution in [0.4, 0.5) is 0 Å². The molecule has 304 valence electrons. The lowest BCUT2D eigenvalue weighted by Crippen LogP contribution is -2.71. The normalized spacial score (nSPS) is 35.5. The van der Waals surface area contributed by atoms with Crippen LogP contribution >= 0.6 is 0 Å². The van der Waals surface area contributed by atoms with Crippen molar-refractivity contribution in [1.29, 1.82) is 0 Å². The number of carbonyl (C=O) groups is 9. The van der Waals surface area contributed by atoms with Gasteiger partial charge < -0.3 is 57.5 Å². The van der Waals surface area contributed by atoms with E-state index in [2.05, 4.69) is 26.6 Å². The number of benzene rings is 2. The predicted molar refractivity (Wildman–Crippen MR) is 197 cm³/mol. The zero-order valence-electron chi connectivity index (χ0n) is 31.4. The number of piperazine rings is 3. The number of carbonyl (C=O) groups excluding carboxylic acids is 9. The number of ether oxygens (including phenoxy) is 1. The molecule has 58 heavy (non-hydrogen) atoms. The highest BCUT2D eigenvalue weighted by Crippen LogP contribution is 2.43. The lowest BCUT2D eigenvalue weighted by Gasteiger charge is -2.42. The molecule has 9 atom stereocenters. The SMILES string of the molecule is COC(=O)[C@@]1(N)C[C@@H]2C(=O)N[C@]3(C[C@H]4C(=O)N[C@@]5(C[C@@H]6C(=O)N[C@@]7(CN[C@H](C(=O)N[C@@H](Cc8ccc9ccccc9c8)C(N)=O)C7)C(=O)N6C5)C(=O)N4C3)C(=O)N2C1. The fourth-order valence-corrected chi connectivity index (χ4v) is 10.2. The van der Waals surface area contributed by atoms with E-state index >= 15 is 0 Å². The summed E-state index contributed by atoms with van der Waals surface area (Å²) in [4.78, 5) is 126. The van der Waals surface area contributed by atoms with Gasteiger partial charge in [-0.2, -0.15) is 0 Å². The molecule has 0 aliphatic carbocycles. The highest BCUT2D eigenvalue weighted by molar-refractivity contribution is 6.09. The number of primary amides is 1. The second-order valence-corrected chi connectivity index (χ2v) is 16.8. The maximum absolute atomic E-state index is 14.4. The van der Waals surface area contributed by atoms with Crippen molar-refractivity contribution in [2.75, 3.05) is 33.3 Å². The first-order chi connectivity index (χ1) is 27.5. The standard InChI is InChI=1S/C38H42N10O10/c1-58-34(57)35(40)11-23-28(51)44-37(32(55)46(23)15-35)13-25-30(53)45-38(33(56)48(25)17-37)12-24-29(52)43-36(31(54)47(24)16-38)10-22(41-14-36)27(50)42-21(26(39)49)9-18-6-7-19-4-2-3-5-20(19)8-18/h2-8,21-25,41H,9-17,40H2,1H3,(H2,39,49)(H,42,50)(H,43,52)(H,44,51)(H,45,53)/t21-,22-,23+,24+,25-,35+,36-,37-,38+/m0/s1. The van der Waals surface area contributed by atoms with Gasteiger partial charge in [-0.05, 0) is 16.3 Å². The van der Waals surface area contributed by atoms with Crippen molar-refractivity contribution >= 4 is 64.0 Å². The Balaban J connectivity index is 0.888. The lowest BCUT2D eigenvalue weighted by molar-refractivity contribution is -0.154. The number of fused-ring (bicyclic) bond motifs is 4. The third kappa shape index (κ3) is 5.44. The topological polar surface area (TPSA) is 285 Å². The zero-order chi connectivity index (χ0) is 41.1. The first-order valence-electron chi connectivity index (χ1n) is 19.1. The summed E-state index contributed by atoms with van der Waals surface area (Å²) in [6, 6.07) is 7.96. The molecule has 8 amide bonds. The summed E-state index contributed by atoms with van der Waals surface area (Å²) in [5, 5.41) is 15.9. The fraction of sp³-hybridized carbons (Fsp3) is 0.500. The number of nitrogens with zero attached hydrogens (tertiary/aromatic N) is 3. The van der Waals surface area contributed by atoms with Gasteiger partial charge in [0.15, 0.2) is 0 Å². The molecule has 7 saturated heterocycles. The molecule has 0 bridgehead atoms. The molecule has 2 aromatic carbocycles. The largest absolute Gasteiger partial charge is 0.468 e. The molecule has 0 unspecified atom stereocenters. The van der Waals surface area contributed by atoms with Gasteiger partial charge in [-0.25, -0.2) is 4.79 Å². The number of nitrogens with one attached hydrogen (secondary N) is 5. The maximum atomic E-state index is 14.4. The summed E-state index contributed by atoms with van der Waals surface area (Å²) in [6.07, 6.45) is -0.708. The summed E-state index contributed by atoms with van der Waals surface area (Å²) in [6.45, 7) is -1.15. The molecule has 3 spiro atoms. The molecule has 20 nitrogen and oxygen atoms in total. The van der Waals surface area contributed by atoms with Gasteiger partial charge in [-0.3, -0.25) is 38.4 Å². The van der Waals surface area contributed by atoms with Crippen molar-refractivity contribution in [2.45, 2.75) is 84.5 Å². The van der Waals surface area contributed by atoms with Crippen LogP contribution in [0.25, 0.3) is 10.8 Å². The maximum Gasteiger partial charge on any atom is 0.327 e. The van der Waals surface area contributed by atoms with Crippen LogP contribution in [-0.4, -0.2) is 154 Å². The molecular weight excluding hydrogens is 756 g/mol. The Bertz CT molecular complexity index is 2270. The summed E-state index contributed by atoms with van der Waals surface area (Å²) in [5.41, 5.74) is 6.12. The third-order valence-corrected chi connectivity index (χ3v) is 13.1. The fourth-order valence-electron chi connectivity index (χ4n) is 10.2. The average molecular weight is 799 g/mol. The van der Waals surface area contributed by atoms with E-state index < -0.39 is 106 Å². The minimum absolute atomic E-state index is 0.124. The quantitative estimate of drug-likeness (QED) is 0.135. The smallest absolute Gasteiger partial charge is 0.327 e. The van der Waals surface area contributed by atoms with Gasteiger partial charge in [0.2, 0.25) is 29.5 Å². The number of esters is 1. The van der Waals surface area contributed by atoms with Crippen molar-refractivity contribution < 1.29 is 47.9 Å². The van der Waals surface area contributed by atoms with E-state index in [1.54, 1.807) is 0 Å². The molecule has 9 N–H and O–H groups in total. The van der Waals surface area contributed by atoms with Gasteiger partial charge in [-0.15, -0.1) is 0 Å². The number of amides is 8.